The molecule has 0 bridgehead atoms. The molecule has 1 saturated heterocycles. The summed E-state index contributed by atoms with van der Waals surface area (Å²) in [5.74, 6) is -1.98. The fourth-order valence-electron chi connectivity index (χ4n) is 4.90. The first kappa shape index (κ1) is 27.2. The van der Waals surface area contributed by atoms with E-state index in [0.29, 0.717) is 11.3 Å². The summed E-state index contributed by atoms with van der Waals surface area (Å²) in [6.45, 7) is 2.75. The minimum absolute atomic E-state index is 0.0176. The monoisotopic (exact) mass is 565 g/mol. The van der Waals surface area contributed by atoms with Crippen LogP contribution in [-0.2, 0) is 17.1 Å². The Morgan fingerprint density at radius 1 is 1.08 bits per heavy atom. The molecular formula is C25H27F4N7O2S. The molecule has 2 unspecified atom stereocenters. The van der Waals surface area contributed by atoms with Gasteiger partial charge in [0.05, 0.1) is 29.5 Å². The number of nitrogens with zero attached hydrogens (tertiary/aromatic N) is 7. The normalized spacial score (nSPS) is 18.6. The molecule has 3 heterocycles. The molecule has 0 saturated carbocycles. The molecular weight excluding hydrogens is 538 g/mol. The number of hydrogen-bond donors (Lipinski definition) is 0. The molecule has 9 nitrogen and oxygen atoms in total. The van der Waals surface area contributed by atoms with Gasteiger partial charge in [-0.1, -0.05) is 6.92 Å². The summed E-state index contributed by atoms with van der Waals surface area (Å²) < 4.78 is 83.5. The van der Waals surface area contributed by atoms with Crippen molar-refractivity contribution in [2.45, 2.75) is 31.1 Å². The lowest BCUT2D eigenvalue weighted by Crippen LogP contribution is -2.52. The van der Waals surface area contributed by atoms with Crippen LogP contribution in [0.25, 0.3) is 16.6 Å². The molecule has 5 rings (SSSR count). The zero-order valence-electron chi connectivity index (χ0n) is 21.5. The summed E-state index contributed by atoms with van der Waals surface area (Å²) in [7, 11) is -2.51. The number of alkyl halides is 3. The second-order valence-electron chi connectivity index (χ2n) is 9.79. The van der Waals surface area contributed by atoms with Crippen LogP contribution in [0.15, 0.2) is 53.8 Å². The van der Waals surface area contributed by atoms with Crippen molar-refractivity contribution in [3.8, 4) is 5.69 Å². The molecule has 1 aliphatic rings. The zero-order chi connectivity index (χ0) is 28.1. The Kier molecular flexibility index (Phi) is 6.97. The van der Waals surface area contributed by atoms with Crippen molar-refractivity contribution in [3.05, 3.63) is 65.7 Å². The lowest BCUT2D eigenvalue weighted by Gasteiger charge is -2.42. The van der Waals surface area contributed by atoms with E-state index in [1.165, 1.54) is 23.5 Å². The van der Waals surface area contributed by atoms with Crippen molar-refractivity contribution in [2.24, 2.45) is 13.0 Å². The Bertz CT molecular complexity index is 1600. The molecule has 1 fully saturated rings. The maximum Gasteiger partial charge on any atom is 0.392 e. The molecule has 2 atom stereocenters. The van der Waals surface area contributed by atoms with Crippen LogP contribution in [-0.4, -0.2) is 74.8 Å². The lowest BCUT2D eigenvalue weighted by atomic mass is 9.95. The van der Waals surface area contributed by atoms with Crippen molar-refractivity contribution in [1.29, 1.82) is 0 Å². The lowest BCUT2D eigenvalue weighted by molar-refractivity contribution is -0.176. The van der Waals surface area contributed by atoms with Crippen molar-refractivity contribution in [1.82, 2.24) is 34.0 Å². The highest BCUT2D eigenvalue weighted by atomic mass is 32.2. The average Bonchev–Trinajstić information content (AvgIpc) is 3.50. The van der Waals surface area contributed by atoms with Crippen molar-refractivity contribution >= 4 is 20.9 Å². The summed E-state index contributed by atoms with van der Waals surface area (Å²) in [6, 6.07) is 8.92. The smallest absolute Gasteiger partial charge is 0.293 e. The van der Waals surface area contributed by atoms with Gasteiger partial charge in [-0.15, -0.1) is 5.10 Å². The third-order valence-corrected chi connectivity index (χ3v) is 8.82. The SMILES string of the molecule is Cc1cc2c(cnn2-c2ccc(F)cc2)cc1C1CN(S(=O)(=O)c2cnn(C)n2)CCN1CC(C)C(F)(F)F. The molecule has 208 valence electrons. The minimum Gasteiger partial charge on any atom is -0.293 e. The molecule has 0 amide bonds. The summed E-state index contributed by atoms with van der Waals surface area (Å²) in [5, 5.41) is 12.7. The fraction of sp³-hybridized carbons (Fsp3) is 0.400. The first-order valence-corrected chi connectivity index (χ1v) is 13.7. The second kappa shape index (κ2) is 9.99. The largest absolute Gasteiger partial charge is 0.392 e. The number of halogens is 4. The average molecular weight is 566 g/mol. The fourth-order valence-corrected chi connectivity index (χ4v) is 6.23. The van der Waals surface area contributed by atoms with Crippen molar-refractivity contribution < 1.29 is 26.0 Å². The highest BCUT2D eigenvalue weighted by Gasteiger charge is 2.42. The van der Waals surface area contributed by atoms with E-state index in [2.05, 4.69) is 15.3 Å². The molecule has 0 N–H and O–H groups in total. The van der Waals surface area contributed by atoms with Crippen LogP contribution < -0.4 is 0 Å². The maximum absolute atomic E-state index is 13.5. The Morgan fingerprint density at radius 3 is 2.44 bits per heavy atom. The van der Waals surface area contributed by atoms with E-state index >= 15 is 0 Å². The van der Waals surface area contributed by atoms with Crippen LogP contribution in [0, 0.1) is 18.7 Å². The van der Waals surface area contributed by atoms with E-state index < -0.39 is 28.2 Å². The third-order valence-electron chi connectivity index (χ3n) is 7.09. The first-order chi connectivity index (χ1) is 18.3. The van der Waals surface area contributed by atoms with Gasteiger partial charge in [-0.05, 0) is 54.4 Å². The molecule has 0 radical (unpaired) electrons. The van der Waals surface area contributed by atoms with Crippen LogP contribution in [0.5, 0.6) is 0 Å². The van der Waals surface area contributed by atoms with Gasteiger partial charge in [0, 0.05) is 44.7 Å². The first-order valence-electron chi connectivity index (χ1n) is 12.3. The van der Waals surface area contributed by atoms with Crippen LogP contribution in [0.3, 0.4) is 0 Å². The number of aromatic nitrogens is 5. The van der Waals surface area contributed by atoms with Gasteiger partial charge in [0.1, 0.15) is 5.82 Å². The third kappa shape index (κ3) is 5.28. The van der Waals surface area contributed by atoms with Crippen LogP contribution in [0.1, 0.15) is 24.1 Å². The summed E-state index contributed by atoms with van der Waals surface area (Å²) in [4.78, 5) is 2.84. The highest BCUT2D eigenvalue weighted by molar-refractivity contribution is 7.89. The summed E-state index contributed by atoms with van der Waals surface area (Å²) in [5.41, 5.74) is 2.85. The van der Waals surface area contributed by atoms with E-state index in [4.69, 9.17) is 0 Å². The number of aryl methyl sites for hydroxylation is 2. The standard InChI is InChI=1S/C25H27F4N7O2S/c1-16-10-22-18(12-31-36(22)20-6-4-19(26)5-7-20)11-21(16)23-15-35(39(37,38)24-13-30-33(3)32-24)9-8-34(23)14-17(2)25(27,28)29/h4-7,10-13,17,23H,8-9,14-15H2,1-3H3. The van der Waals surface area contributed by atoms with Gasteiger partial charge in [0.2, 0.25) is 5.03 Å². The number of piperazine rings is 1. The molecule has 2 aromatic carbocycles. The second-order valence-corrected chi connectivity index (χ2v) is 11.7. The van der Waals surface area contributed by atoms with Crippen LogP contribution in [0.4, 0.5) is 17.6 Å². The van der Waals surface area contributed by atoms with E-state index in [-0.39, 0.29) is 37.0 Å². The zero-order valence-corrected chi connectivity index (χ0v) is 22.3. The Hall–Kier alpha value is -3.36. The summed E-state index contributed by atoms with van der Waals surface area (Å²) in [6.07, 6.45) is -1.60. The van der Waals surface area contributed by atoms with Crippen LogP contribution in [0.2, 0.25) is 0 Å². The van der Waals surface area contributed by atoms with Gasteiger partial charge in [0.15, 0.2) is 0 Å². The predicted octanol–water partition coefficient (Wildman–Crippen LogP) is 3.85. The molecule has 39 heavy (non-hydrogen) atoms. The van der Waals surface area contributed by atoms with E-state index in [0.717, 1.165) is 34.4 Å². The molecule has 0 aliphatic carbocycles. The molecule has 1 aliphatic heterocycles. The quantitative estimate of drug-likeness (QED) is 0.330. The van der Waals surface area contributed by atoms with Gasteiger partial charge in [-0.3, -0.25) is 4.90 Å². The van der Waals surface area contributed by atoms with Crippen molar-refractivity contribution in [3.63, 3.8) is 0 Å². The number of rotatable bonds is 6. The van der Waals surface area contributed by atoms with Crippen LogP contribution >= 0.6 is 0 Å². The minimum atomic E-state index is -4.39. The Balaban J connectivity index is 1.54. The van der Waals surface area contributed by atoms with Gasteiger partial charge in [0.25, 0.3) is 10.0 Å². The maximum atomic E-state index is 13.5. The van der Waals surface area contributed by atoms with Gasteiger partial charge >= 0.3 is 6.18 Å². The Labute approximate surface area is 222 Å². The van der Waals surface area contributed by atoms with Gasteiger partial charge in [-0.2, -0.15) is 32.5 Å². The number of fused-ring (bicyclic) bond motifs is 1. The van der Waals surface area contributed by atoms with E-state index in [1.807, 2.05) is 19.1 Å². The summed E-state index contributed by atoms with van der Waals surface area (Å²) >= 11 is 0. The molecule has 2 aromatic heterocycles. The number of hydrogen-bond acceptors (Lipinski definition) is 6. The predicted molar refractivity (Wildman–Crippen MR) is 135 cm³/mol. The number of benzene rings is 2. The highest BCUT2D eigenvalue weighted by Crippen LogP contribution is 2.36. The van der Waals surface area contributed by atoms with E-state index in [9.17, 15) is 26.0 Å². The number of sulfonamides is 1. The van der Waals surface area contributed by atoms with Gasteiger partial charge < -0.3 is 0 Å². The topological polar surface area (TPSA) is 89.2 Å². The van der Waals surface area contributed by atoms with Gasteiger partial charge in [-0.25, -0.2) is 17.5 Å². The molecule has 14 heteroatoms. The molecule has 0 spiro atoms. The molecule has 4 aromatic rings. The van der Waals surface area contributed by atoms with E-state index in [1.54, 1.807) is 27.9 Å². The Morgan fingerprint density at radius 2 is 1.79 bits per heavy atom. The van der Waals surface area contributed by atoms with Crippen molar-refractivity contribution in [2.75, 3.05) is 26.2 Å².